The van der Waals surface area contributed by atoms with Crippen LogP contribution in [0.1, 0.15) is 26.4 Å². The van der Waals surface area contributed by atoms with Crippen molar-refractivity contribution in [1.29, 1.82) is 0 Å². The maximum absolute atomic E-state index is 13.0. The van der Waals surface area contributed by atoms with Gasteiger partial charge >= 0.3 is 0 Å². The highest BCUT2D eigenvalue weighted by Crippen LogP contribution is 2.23. The summed E-state index contributed by atoms with van der Waals surface area (Å²) < 4.78 is 20.3. The molecular weight excluding hydrogens is 437 g/mol. The maximum Gasteiger partial charge on any atom is 0.266 e. The van der Waals surface area contributed by atoms with Gasteiger partial charge in [-0.3, -0.25) is 9.48 Å². The molecule has 0 aliphatic rings. The lowest BCUT2D eigenvalue weighted by Crippen LogP contribution is -2.11. The number of amides is 1. The van der Waals surface area contributed by atoms with Gasteiger partial charge in [0.25, 0.3) is 5.91 Å². The molecule has 4 aromatic rings. The predicted molar refractivity (Wildman–Crippen MR) is 121 cm³/mol. The fourth-order valence-electron chi connectivity index (χ4n) is 3.00. The van der Waals surface area contributed by atoms with E-state index in [4.69, 9.17) is 16.3 Å². The number of hydrogen-bond donors (Lipinski definition) is 1. The van der Waals surface area contributed by atoms with Gasteiger partial charge in [0.05, 0.1) is 11.4 Å². The number of rotatable bonds is 7. The van der Waals surface area contributed by atoms with Crippen LogP contribution >= 0.6 is 22.9 Å². The van der Waals surface area contributed by atoms with Gasteiger partial charge in [0.15, 0.2) is 5.82 Å². The summed E-state index contributed by atoms with van der Waals surface area (Å²) in [6, 6.07) is 15.7. The summed E-state index contributed by atoms with van der Waals surface area (Å²) in [5, 5.41) is 9.37. The van der Waals surface area contributed by atoms with Crippen LogP contribution in [0, 0.1) is 12.7 Å². The molecule has 0 saturated heterocycles. The first-order chi connectivity index (χ1) is 15.0. The smallest absolute Gasteiger partial charge is 0.266 e. The Morgan fingerprint density at radius 3 is 2.77 bits per heavy atom. The average molecular weight is 456 g/mol. The van der Waals surface area contributed by atoms with Crippen molar-refractivity contribution >= 4 is 34.7 Å². The molecule has 31 heavy (non-hydrogen) atoms. The first kappa shape index (κ1) is 21.1. The highest BCUT2D eigenvalue weighted by atomic mass is 35.5. The topological polar surface area (TPSA) is 56.2 Å². The van der Waals surface area contributed by atoms with Gasteiger partial charge in [-0.05, 0) is 48.2 Å². The van der Waals surface area contributed by atoms with Crippen LogP contribution in [0.3, 0.4) is 0 Å². The van der Waals surface area contributed by atoms with E-state index in [0.29, 0.717) is 28.0 Å². The summed E-state index contributed by atoms with van der Waals surface area (Å²) in [5.41, 5.74) is 3.11. The number of benzene rings is 2. The van der Waals surface area contributed by atoms with E-state index in [9.17, 15) is 9.18 Å². The zero-order chi connectivity index (χ0) is 21.8. The van der Waals surface area contributed by atoms with Crippen LogP contribution in [0.15, 0.2) is 66.2 Å². The molecule has 8 heteroatoms. The van der Waals surface area contributed by atoms with Crippen molar-refractivity contribution in [3.05, 3.63) is 98.6 Å². The fourth-order valence-corrected chi connectivity index (χ4v) is 3.99. The molecule has 0 bridgehead atoms. The van der Waals surface area contributed by atoms with Crippen LogP contribution in [0.2, 0.25) is 5.02 Å². The Labute approximate surface area is 188 Å². The van der Waals surface area contributed by atoms with Gasteiger partial charge in [-0.25, -0.2) is 4.39 Å². The second kappa shape index (κ2) is 9.32. The lowest BCUT2D eigenvalue weighted by molar-refractivity contribution is 0.103. The number of nitrogens with one attached hydrogen (secondary N) is 1. The molecule has 0 radical (unpaired) electrons. The Morgan fingerprint density at radius 2 is 2.00 bits per heavy atom. The molecule has 0 atom stereocenters. The zero-order valence-corrected chi connectivity index (χ0v) is 18.2. The summed E-state index contributed by atoms with van der Waals surface area (Å²) in [5.74, 6) is 0.268. The van der Waals surface area contributed by atoms with E-state index < -0.39 is 0 Å². The third kappa shape index (κ3) is 5.51. The van der Waals surface area contributed by atoms with Gasteiger partial charge in [0.2, 0.25) is 0 Å². The molecule has 2 aromatic carbocycles. The lowest BCUT2D eigenvalue weighted by atomic mass is 10.1. The Balaban J connectivity index is 1.37. The van der Waals surface area contributed by atoms with Crippen LogP contribution in [0.5, 0.6) is 5.75 Å². The second-order valence-electron chi connectivity index (χ2n) is 7.03. The number of aromatic nitrogens is 2. The monoisotopic (exact) mass is 455 g/mol. The number of hydrogen-bond acceptors (Lipinski definition) is 4. The van der Waals surface area contributed by atoms with Crippen molar-refractivity contribution in [2.45, 2.75) is 20.1 Å². The molecule has 5 nitrogen and oxygen atoms in total. The number of halogens is 2. The zero-order valence-electron chi connectivity index (χ0n) is 16.6. The minimum Gasteiger partial charge on any atom is -0.489 e. The van der Waals surface area contributed by atoms with Gasteiger partial charge in [0.1, 0.15) is 23.2 Å². The summed E-state index contributed by atoms with van der Waals surface area (Å²) in [7, 11) is 0. The summed E-state index contributed by atoms with van der Waals surface area (Å²) in [6.07, 6.45) is 1.69. The number of carbonyl (C=O) groups excluding carboxylic acids is 1. The summed E-state index contributed by atoms with van der Waals surface area (Å²) in [6.45, 7) is 2.87. The molecule has 0 fully saturated rings. The van der Waals surface area contributed by atoms with Crippen LogP contribution in [0.25, 0.3) is 0 Å². The van der Waals surface area contributed by atoms with E-state index in [0.717, 1.165) is 11.1 Å². The maximum atomic E-state index is 13.0. The highest BCUT2D eigenvalue weighted by molar-refractivity contribution is 7.12. The molecule has 0 saturated carbocycles. The third-order valence-corrected chi connectivity index (χ3v) is 5.73. The number of ether oxygens (including phenoxy) is 1. The summed E-state index contributed by atoms with van der Waals surface area (Å²) >= 11 is 7.57. The van der Waals surface area contributed by atoms with Gasteiger partial charge in [-0.2, -0.15) is 5.10 Å². The van der Waals surface area contributed by atoms with Crippen molar-refractivity contribution in [3.63, 3.8) is 0 Å². The molecule has 4 rings (SSSR count). The first-order valence-electron chi connectivity index (χ1n) is 9.52. The molecule has 1 amide bonds. The molecule has 0 spiro atoms. The Hall–Kier alpha value is -3.16. The largest absolute Gasteiger partial charge is 0.489 e. The van der Waals surface area contributed by atoms with Gasteiger partial charge in [0, 0.05) is 11.8 Å². The lowest BCUT2D eigenvalue weighted by Gasteiger charge is -2.04. The minimum absolute atomic E-state index is 0.279. The molecule has 0 aliphatic heterocycles. The van der Waals surface area contributed by atoms with Crippen molar-refractivity contribution in [2.24, 2.45) is 0 Å². The number of carbonyl (C=O) groups is 1. The van der Waals surface area contributed by atoms with E-state index >= 15 is 0 Å². The average Bonchev–Trinajstić information content (AvgIpc) is 3.34. The predicted octanol–water partition coefficient (Wildman–Crippen LogP) is 5.93. The van der Waals surface area contributed by atoms with Crippen LogP contribution in [-0.2, 0) is 13.2 Å². The van der Waals surface area contributed by atoms with E-state index in [1.807, 2.05) is 30.5 Å². The third-order valence-electron chi connectivity index (χ3n) is 4.47. The summed E-state index contributed by atoms with van der Waals surface area (Å²) in [4.78, 5) is 13.1. The van der Waals surface area contributed by atoms with E-state index in [1.54, 1.807) is 29.1 Å². The van der Waals surface area contributed by atoms with Crippen LogP contribution in [-0.4, -0.2) is 15.7 Å². The van der Waals surface area contributed by atoms with E-state index in [1.165, 1.54) is 29.0 Å². The molecule has 0 aliphatic carbocycles. The Morgan fingerprint density at radius 1 is 1.19 bits per heavy atom. The molecule has 0 unspecified atom stereocenters. The number of nitrogens with zero attached hydrogens (tertiary/aromatic N) is 2. The molecule has 1 N–H and O–H groups in total. The number of anilines is 1. The van der Waals surface area contributed by atoms with E-state index in [2.05, 4.69) is 16.5 Å². The molecule has 158 valence electrons. The minimum atomic E-state index is -0.318. The molecule has 2 heterocycles. The van der Waals surface area contributed by atoms with Crippen molar-refractivity contribution in [1.82, 2.24) is 9.78 Å². The second-order valence-corrected chi connectivity index (χ2v) is 8.35. The van der Waals surface area contributed by atoms with Crippen LogP contribution in [0.4, 0.5) is 10.2 Å². The number of aryl methyl sites for hydroxylation is 1. The Kier molecular flexibility index (Phi) is 6.34. The Bertz CT molecular complexity index is 1200. The standard InChI is InChI=1S/C23H19ClFN3O2S/c1-15-3-2-4-16(9-15)11-28-12-20(24)22(27-28)26-23(29)21-10-17(14-31-21)13-30-19-7-5-18(25)6-8-19/h2-10,12,14H,11,13H2,1H3,(H,26,27,29). The van der Waals surface area contributed by atoms with Crippen molar-refractivity contribution in [3.8, 4) is 5.75 Å². The van der Waals surface area contributed by atoms with Gasteiger partial charge in [-0.15, -0.1) is 11.3 Å². The molecule has 2 aromatic heterocycles. The first-order valence-corrected chi connectivity index (χ1v) is 10.8. The van der Waals surface area contributed by atoms with Crippen LogP contribution < -0.4 is 10.1 Å². The fraction of sp³-hybridized carbons (Fsp3) is 0.130. The normalized spacial score (nSPS) is 10.8. The van der Waals surface area contributed by atoms with E-state index in [-0.39, 0.29) is 18.3 Å². The quantitative estimate of drug-likeness (QED) is 0.376. The highest BCUT2D eigenvalue weighted by Gasteiger charge is 2.15. The van der Waals surface area contributed by atoms with Crippen molar-refractivity contribution < 1.29 is 13.9 Å². The van der Waals surface area contributed by atoms with Gasteiger partial charge in [-0.1, -0.05) is 41.4 Å². The number of thiophene rings is 1. The van der Waals surface area contributed by atoms with Crippen molar-refractivity contribution in [2.75, 3.05) is 5.32 Å². The van der Waals surface area contributed by atoms with Gasteiger partial charge < -0.3 is 10.1 Å². The SMILES string of the molecule is Cc1cccc(Cn2cc(Cl)c(NC(=O)c3cc(COc4ccc(F)cc4)cs3)n2)c1. The molecular formula is C23H19ClFN3O2S.